The fourth-order valence-electron chi connectivity index (χ4n) is 2.42. The standard InChI is InChI=1S/C15H15BrClNOS/c1-18-7-5-10-6-8-20-15(10)13(9-18)19-12-4-2-3-11(16)14(12)17/h2-4,6,8,13H,5,7,9H2,1H3. The lowest BCUT2D eigenvalue weighted by atomic mass is 10.1. The molecule has 0 radical (unpaired) electrons. The average Bonchev–Trinajstić information content (AvgIpc) is 2.84. The molecule has 1 aromatic carbocycles. The monoisotopic (exact) mass is 371 g/mol. The van der Waals surface area contributed by atoms with Crippen LogP contribution in [-0.4, -0.2) is 25.0 Å². The van der Waals surface area contributed by atoms with E-state index < -0.39 is 0 Å². The molecule has 106 valence electrons. The molecule has 0 saturated carbocycles. The minimum Gasteiger partial charge on any atom is -0.482 e. The highest BCUT2D eigenvalue weighted by atomic mass is 79.9. The number of fused-ring (bicyclic) bond motifs is 1. The van der Waals surface area contributed by atoms with Crippen molar-refractivity contribution < 1.29 is 4.74 Å². The summed E-state index contributed by atoms with van der Waals surface area (Å²) in [7, 11) is 2.13. The van der Waals surface area contributed by atoms with Crippen molar-refractivity contribution in [3.8, 4) is 5.75 Å². The Bertz CT molecular complexity index is 616. The van der Waals surface area contributed by atoms with Crippen molar-refractivity contribution in [1.82, 2.24) is 4.90 Å². The Hall–Kier alpha value is -0.550. The molecule has 1 unspecified atom stereocenters. The van der Waals surface area contributed by atoms with Crippen LogP contribution in [0, 0.1) is 0 Å². The number of benzene rings is 1. The van der Waals surface area contributed by atoms with Crippen LogP contribution in [0.1, 0.15) is 16.5 Å². The first kappa shape index (κ1) is 14.4. The predicted molar refractivity (Wildman–Crippen MR) is 88.0 cm³/mol. The number of hydrogen-bond acceptors (Lipinski definition) is 3. The second-order valence-electron chi connectivity index (χ2n) is 4.98. The van der Waals surface area contributed by atoms with Gasteiger partial charge in [0.05, 0.1) is 5.02 Å². The highest BCUT2D eigenvalue weighted by Gasteiger charge is 2.25. The second-order valence-corrected chi connectivity index (χ2v) is 7.16. The van der Waals surface area contributed by atoms with Crippen LogP contribution in [0.5, 0.6) is 5.75 Å². The van der Waals surface area contributed by atoms with Crippen LogP contribution in [0.15, 0.2) is 34.1 Å². The molecular weight excluding hydrogens is 358 g/mol. The van der Waals surface area contributed by atoms with Crippen molar-refractivity contribution >= 4 is 38.9 Å². The van der Waals surface area contributed by atoms with Gasteiger partial charge in [0.15, 0.2) is 0 Å². The maximum Gasteiger partial charge on any atom is 0.146 e. The molecule has 0 bridgehead atoms. The summed E-state index contributed by atoms with van der Waals surface area (Å²) in [5.41, 5.74) is 1.40. The number of ether oxygens (including phenoxy) is 1. The van der Waals surface area contributed by atoms with Gasteiger partial charge in [-0.05, 0) is 58.5 Å². The number of nitrogens with zero attached hydrogens (tertiary/aromatic N) is 1. The summed E-state index contributed by atoms with van der Waals surface area (Å²) in [6, 6.07) is 8.00. The summed E-state index contributed by atoms with van der Waals surface area (Å²) in [6.45, 7) is 1.95. The zero-order valence-corrected chi connectivity index (χ0v) is 14.3. The largest absolute Gasteiger partial charge is 0.482 e. The van der Waals surface area contributed by atoms with E-state index >= 15 is 0 Å². The normalized spacial score (nSPS) is 19.4. The van der Waals surface area contributed by atoms with E-state index in [1.54, 1.807) is 11.3 Å². The molecule has 3 rings (SSSR count). The molecular formula is C15H15BrClNOS. The molecule has 2 nitrogen and oxygen atoms in total. The lowest BCUT2D eigenvalue weighted by Crippen LogP contribution is -2.26. The third-order valence-electron chi connectivity index (χ3n) is 3.50. The van der Waals surface area contributed by atoms with E-state index in [4.69, 9.17) is 16.3 Å². The molecule has 20 heavy (non-hydrogen) atoms. The summed E-state index contributed by atoms with van der Waals surface area (Å²) in [5, 5.41) is 2.78. The molecule has 0 N–H and O–H groups in total. The summed E-state index contributed by atoms with van der Waals surface area (Å²) in [5.74, 6) is 0.737. The fourth-order valence-corrected chi connectivity index (χ4v) is 3.92. The Morgan fingerprint density at radius 1 is 1.40 bits per heavy atom. The fraction of sp³-hybridized carbons (Fsp3) is 0.333. The lowest BCUT2D eigenvalue weighted by molar-refractivity contribution is 0.159. The molecule has 0 spiro atoms. The molecule has 0 aliphatic carbocycles. The number of hydrogen-bond donors (Lipinski definition) is 0. The van der Waals surface area contributed by atoms with E-state index in [9.17, 15) is 0 Å². The Morgan fingerprint density at radius 2 is 2.25 bits per heavy atom. The molecule has 1 aliphatic rings. The molecule has 0 amide bonds. The predicted octanol–water partition coefficient (Wildman–Crippen LogP) is 4.77. The topological polar surface area (TPSA) is 12.5 Å². The van der Waals surface area contributed by atoms with Gasteiger partial charge < -0.3 is 9.64 Å². The van der Waals surface area contributed by atoms with Gasteiger partial charge in [-0.15, -0.1) is 11.3 Å². The quantitative estimate of drug-likeness (QED) is 0.753. The molecule has 1 atom stereocenters. The van der Waals surface area contributed by atoms with Gasteiger partial charge in [0.25, 0.3) is 0 Å². The van der Waals surface area contributed by atoms with Crippen molar-refractivity contribution in [2.45, 2.75) is 12.5 Å². The van der Waals surface area contributed by atoms with Gasteiger partial charge in [-0.2, -0.15) is 0 Å². The van der Waals surface area contributed by atoms with E-state index in [1.807, 2.05) is 18.2 Å². The van der Waals surface area contributed by atoms with Crippen molar-refractivity contribution in [2.24, 2.45) is 0 Å². The summed E-state index contributed by atoms with van der Waals surface area (Å²) < 4.78 is 7.07. The summed E-state index contributed by atoms with van der Waals surface area (Å²) >= 11 is 11.5. The Kier molecular flexibility index (Phi) is 4.36. The molecule has 1 aliphatic heterocycles. The zero-order valence-electron chi connectivity index (χ0n) is 11.1. The van der Waals surface area contributed by atoms with E-state index in [0.29, 0.717) is 5.02 Å². The molecule has 1 aromatic heterocycles. The van der Waals surface area contributed by atoms with Gasteiger partial charge in [-0.25, -0.2) is 0 Å². The maximum absolute atomic E-state index is 6.31. The van der Waals surface area contributed by atoms with Crippen molar-refractivity contribution in [3.05, 3.63) is 49.6 Å². The van der Waals surface area contributed by atoms with Gasteiger partial charge in [0, 0.05) is 22.4 Å². The van der Waals surface area contributed by atoms with Crippen molar-refractivity contribution in [1.29, 1.82) is 0 Å². The molecule has 5 heteroatoms. The van der Waals surface area contributed by atoms with Crippen molar-refractivity contribution in [2.75, 3.05) is 20.1 Å². The second kappa shape index (κ2) is 6.06. The Labute approximate surface area is 136 Å². The molecule has 0 saturated heterocycles. The van der Waals surface area contributed by atoms with Crippen LogP contribution in [0.2, 0.25) is 5.02 Å². The first-order valence-corrected chi connectivity index (χ1v) is 8.55. The summed E-state index contributed by atoms with van der Waals surface area (Å²) in [4.78, 5) is 3.63. The maximum atomic E-state index is 6.31. The third-order valence-corrected chi connectivity index (χ3v) is 5.83. The smallest absolute Gasteiger partial charge is 0.146 e. The number of rotatable bonds is 2. The SMILES string of the molecule is CN1CCc2ccsc2C(Oc2cccc(Br)c2Cl)C1. The average molecular weight is 373 g/mol. The van der Waals surface area contributed by atoms with E-state index in [2.05, 4.69) is 39.3 Å². The number of halogens is 2. The lowest BCUT2D eigenvalue weighted by Gasteiger charge is -2.22. The Morgan fingerprint density at radius 3 is 3.10 bits per heavy atom. The van der Waals surface area contributed by atoms with Gasteiger partial charge in [0.2, 0.25) is 0 Å². The van der Waals surface area contributed by atoms with Crippen LogP contribution < -0.4 is 4.74 Å². The zero-order chi connectivity index (χ0) is 14.1. The minimum absolute atomic E-state index is 0.0456. The molecule has 2 heterocycles. The van der Waals surface area contributed by atoms with E-state index in [1.165, 1.54) is 10.4 Å². The van der Waals surface area contributed by atoms with E-state index in [0.717, 1.165) is 29.7 Å². The van der Waals surface area contributed by atoms with Crippen LogP contribution >= 0.6 is 38.9 Å². The molecule has 0 fully saturated rings. The Balaban J connectivity index is 1.91. The van der Waals surface area contributed by atoms with Gasteiger partial charge in [-0.3, -0.25) is 0 Å². The first-order valence-electron chi connectivity index (χ1n) is 6.50. The molecule has 2 aromatic rings. The highest BCUT2D eigenvalue weighted by molar-refractivity contribution is 9.10. The van der Waals surface area contributed by atoms with Crippen LogP contribution in [0.4, 0.5) is 0 Å². The third kappa shape index (κ3) is 2.89. The highest BCUT2D eigenvalue weighted by Crippen LogP contribution is 2.37. The van der Waals surface area contributed by atoms with Crippen LogP contribution in [0.25, 0.3) is 0 Å². The van der Waals surface area contributed by atoms with Crippen LogP contribution in [0.3, 0.4) is 0 Å². The summed E-state index contributed by atoms with van der Waals surface area (Å²) in [6.07, 6.45) is 1.13. The minimum atomic E-state index is 0.0456. The van der Waals surface area contributed by atoms with Gasteiger partial charge >= 0.3 is 0 Å². The van der Waals surface area contributed by atoms with E-state index in [-0.39, 0.29) is 6.10 Å². The van der Waals surface area contributed by atoms with Gasteiger partial charge in [0.1, 0.15) is 11.9 Å². The number of likely N-dealkylation sites (N-methyl/N-ethyl adjacent to an activating group) is 1. The van der Waals surface area contributed by atoms with Gasteiger partial charge in [-0.1, -0.05) is 17.7 Å². The number of thiophene rings is 1. The van der Waals surface area contributed by atoms with Crippen molar-refractivity contribution in [3.63, 3.8) is 0 Å². The van der Waals surface area contributed by atoms with Crippen LogP contribution in [-0.2, 0) is 6.42 Å². The first-order chi connectivity index (χ1) is 9.65.